The minimum Gasteiger partial charge on any atom is -0.340 e. The minimum atomic E-state index is -0.226. The van der Waals surface area contributed by atoms with E-state index >= 15 is 0 Å². The smallest absolute Gasteiger partial charge is 0.238 e. The molecule has 0 radical (unpaired) electrons. The number of carbonyl (C=O) groups excluding carboxylic acids is 2. The fraction of sp³-hybridized carbons (Fsp3) is 0.333. The van der Waals surface area contributed by atoms with Gasteiger partial charge in [-0.2, -0.15) is 0 Å². The molecule has 0 aromatic heterocycles. The van der Waals surface area contributed by atoms with Crippen LogP contribution >= 0.6 is 23.2 Å². The van der Waals surface area contributed by atoms with Gasteiger partial charge in [0.15, 0.2) is 0 Å². The van der Waals surface area contributed by atoms with Gasteiger partial charge in [-0.25, -0.2) is 0 Å². The van der Waals surface area contributed by atoms with Crippen molar-refractivity contribution in [2.45, 2.75) is 19.9 Å². The van der Waals surface area contributed by atoms with Crippen LogP contribution in [0.3, 0.4) is 0 Å². The lowest BCUT2D eigenvalue weighted by Gasteiger charge is -2.24. The molecular weight excluding hydrogens is 397 g/mol. The van der Waals surface area contributed by atoms with Crippen molar-refractivity contribution in [3.8, 4) is 0 Å². The van der Waals surface area contributed by atoms with E-state index in [4.69, 9.17) is 23.2 Å². The van der Waals surface area contributed by atoms with E-state index in [9.17, 15) is 9.59 Å². The zero-order chi connectivity index (χ0) is 20.5. The molecule has 1 N–H and O–H groups in total. The lowest BCUT2D eigenvalue weighted by molar-refractivity contribution is -0.132. The highest BCUT2D eigenvalue weighted by molar-refractivity contribution is 6.36. The predicted octanol–water partition coefficient (Wildman–Crippen LogP) is 4.30. The summed E-state index contributed by atoms with van der Waals surface area (Å²) in [5.74, 6) is -0.259. The van der Waals surface area contributed by atoms with E-state index in [-0.39, 0.29) is 24.9 Å². The Morgan fingerprint density at radius 2 is 1.75 bits per heavy atom. The summed E-state index contributed by atoms with van der Waals surface area (Å²) >= 11 is 12.0. The van der Waals surface area contributed by atoms with Crippen LogP contribution < -0.4 is 5.32 Å². The first kappa shape index (κ1) is 22.2. The molecule has 2 aromatic rings. The van der Waals surface area contributed by atoms with Gasteiger partial charge in [0.1, 0.15) is 0 Å². The summed E-state index contributed by atoms with van der Waals surface area (Å²) in [7, 11) is 1.77. The monoisotopic (exact) mass is 421 g/mol. The van der Waals surface area contributed by atoms with E-state index in [1.807, 2.05) is 42.2 Å². The van der Waals surface area contributed by atoms with Gasteiger partial charge in [-0.15, -0.1) is 0 Å². The zero-order valence-electron chi connectivity index (χ0n) is 16.1. The van der Waals surface area contributed by atoms with E-state index in [0.29, 0.717) is 28.8 Å². The summed E-state index contributed by atoms with van der Waals surface area (Å²) < 4.78 is 0. The molecule has 2 aromatic carbocycles. The van der Waals surface area contributed by atoms with Gasteiger partial charge in [0, 0.05) is 18.6 Å². The maximum atomic E-state index is 12.6. The summed E-state index contributed by atoms with van der Waals surface area (Å²) in [6.45, 7) is 3.48. The molecule has 0 bridgehead atoms. The largest absolute Gasteiger partial charge is 0.340 e. The number of nitrogens with zero attached hydrogens (tertiary/aromatic N) is 2. The van der Waals surface area contributed by atoms with Crippen molar-refractivity contribution in [1.82, 2.24) is 9.80 Å². The molecule has 0 fully saturated rings. The molecule has 7 heteroatoms. The fourth-order valence-electron chi connectivity index (χ4n) is 2.77. The van der Waals surface area contributed by atoms with Gasteiger partial charge in [-0.05, 0) is 36.7 Å². The van der Waals surface area contributed by atoms with Crippen LogP contribution in [0.2, 0.25) is 10.0 Å². The van der Waals surface area contributed by atoms with Crippen LogP contribution in [-0.4, -0.2) is 48.3 Å². The fourth-order valence-corrected chi connectivity index (χ4v) is 3.23. The van der Waals surface area contributed by atoms with Crippen molar-refractivity contribution in [2.24, 2.45) is 0 Å². The van der Waals surface area contributed by atoms with E-state index in [1.165, 1.54) is 0 Å². The second-order valence-electron chi connectivity index (χ2n) is 6.62. The summed E-state index contributed by atoms with van der Waals surface area (Å²) in [6.07, 6.45) is 0.838. The highest BCUT2D eigenvalue weighted by Crippen LogP contribution is 2.25. The lowest BCUT2D eigenvalue weighted by atomic mass is 10.2. The Kier molecular flexibility index (Phi) is 8.77. The van der Waals surface area contributed by atoms with Crippen molar-refractivity contribution in [3.63, 3.8) is 0 Å². The van der Waals surface area contributed by atoms with Gasteiger partial charge < -0.3 is 10.2 Å². The van der Waals surface area contributed by atoms with E-state index in [2.05, 4.69) is 5.32 Å². The molecule has 150 valence electrons. The lowest BCUT2D eigenvalue weighted by Crippen LogP contribution is -2.42. The van der Waals surface area contributed by atoms with E-state index < -0.39 is 0 Å². The number of rotatable bonds is 9. The molecule has 0 aliphatic heterocycles. The Balaban J connectivity index is 1.92. The van der Waals surface area contributed by atoms with Crippen LogP contribution in [0.25, 0.3) is 0 Å². The number of hydrogen-bond donors (Lipinski definition) is 1. The van der Waals surface area contributed by atoms with Gasteiger partial charge in [0.2, 0.25) is 11.8 Å². The second-order valence-corrected chi connectivity index (χ2v) is 7.46. The first-order valence-electron chi connectivity index (χ1n) is 9.14. The van der Waals surface area contributed by atoms with Crippen LogP contribution in [0.5, 0.6) is 0 Å². The van der Waals surface area contributed by atoms with Crippen LogP contribution in [0.4, 0.5) is 5.69 Å². The minimum absolute atomic E-state index is 0.0328. The van der Waals surface area contributed by atoms with Crippen molar-refractivity contribution < 1.29 is 9.59 Å². The molecule has 0 saturated heterocycles. The third-order valence-corrected chi connectivity index (χ3v) is 4.71. The Hall–Kier alpha value is -2.08. The highest BCUT2D eigenvalue weighted by Gasteiger charge is 2.17. The van der Waals surface area contributed by atoms with Crippen molar-refractivity contribution in [1.29, 1.82) is 0 Å². The van der Waals surface area contributed by atoms with Gasteiger partial charge in [0.25, 0.3) is 0 Å². The number of amides is 2. The van der Waals surface area contributed by atoms with Crippen molar-refractivity contribution in [2.75, 3.05) is 32.0 Å². The summed E-state index contributed by atoms with van der Waals surface area (Å²) in [4.78, 5) is 28.5. The number of hydrogen-bond acceptors (Lipinski definition) is 3. The third-order valence-electron chi connectivity index (χ3n) is 4.16. The maximum absolute atomic E-state index is 12.6. The molecular formula is C21H25Cl2N3O2. The standard InChI is InChI=1S/C21H25Cl2N3O2/c1-3-11-26(14-20(27)24-19-10-9-17(22)12-18(19)23)15-21(28)25(2)13-16-7-5-4-6-8-16/h4-10,12H,3,11,13-15H2,1-2H3,(H,24,27). The average molecular weight is 422 g/mol. The molecule has 0 atom stereocenters. The van der Waals surface area contributed by atoms with E-state index in [1.54, 1.807) is 30.1 Å². The molecule has 5 nitrogen and oxygen atoms in total. The van der Waals surface area contributed by atoms with Crippen LogP contribution in [0, 0.1) is 0 Å². The maximum Gasteiger partial charge on any atom is 0.238 e. The highest BCUT2D eigenvalue weighted by atomic mass is 35.5. The predicted molar refractivity (Wildman–Crippen MR) is 115 cm³/mol. The average Bonchev–Trinajstić information content (AvgIpc) is 2.65. The zero-order valence-corrected chi connectivity index (χ0v) is 17.6. The van der Waals surface area contributed by atoms with Crippen molar-refractivity contribution >= 4 is 40.7 Å². The third kappa shape index (κ3) is 7.15. The first-order chi connectivity index (χ1) is 13.4. The first-order valence-corrected chi connectivity index (χ1v) is 9.89. The Morgan fingerprint density at radius 3 is 2.39 bits per heavy atom. The molecule has 2 rings (SSSR count). The summed E-state index contributed by atoms with van der Waals surface area (Å²) in [5.41, 5.74) is 1.57. The summed E-state index contributed by atoms with van der Waals surface area (Å²) in [5, 5.41) is 3.65. The Morgan fingerprint density at radius 1 is 1.04 bits per heavy atom. The molecule has 0 aliphatic rings. The second kappa shape index (κ2) is 11.1. The number of halogens is 2. The number of likely N-dealkylation sites (N-methyl/N-ethyl adjacent to an activating group) is 1. The molecule has 0 heterocycles. The van der Waals surface area contributed by atoms with Gasteiger partial charge >= 0.3 is 0 Å². The number of anilines is 1. The molecule has 0 spiro atoms. The van der Waals surface area contributed by atoms with Crippen LogP contribution in [0.15, 0.2) is 48.5 Å². The quantitative estimate of drug-likeness (QED) is 0.656. The van der Waals surface area contributed by atoms with Gasteiger partial charge in [0.05, 0.1) is 23.8 Å². The number of benzene rings is 2. The van der Waals surface area contributed by atoms with Crippen molar-refractivity contribution in [3.05, 3.63) is 64.1 Å². The topological polar surface area (TPSA) is 52.7 Å². The summed E-state index contributed by atoms with van der Waals surface area (Å²) in [6, 6.07) is 14.7. The number of carbonyl (C=O) groups is 2. The molecule has 0 aliphatic carbocycles. The van der Waals surface area contributed by atoms with Crippen LogP contribution in [0.1, 0.15) is 18.9 Å². The molecule has 28 heavy (non-hydrogen) atoms. The van der Waals surface area contributed by atoms with Crippen LogP contribution in [-0.2, 0) is 16.1 Å². The SMILES string of the molecule is CCCN(CC(=O)Nc1ccc(Cl)cc1Cl)CC(=O)N(C)Cc1ccccc1. The Labute approximate surface area is 176 Å². The van der Waals surface area contributed by atoms with E-state index in [0.717, 1.165) is 12.0 Å². The molecule has 0 unspecified atom stereocenters. The normalized spacial score (nSPS) is 10.8. The molecule has 2 amide bonds. The number of nitrogens with one attached hydrogen (secondary N) is 1. The van der Waals surface area contributed by atoms with Gasteiger partial charge in [-0.3, -0.25) is 14.5 Å². The Bertz CT molecular complexity index is 799. The molecule has 0 saturated carbocycles. The van der Waals surface area contributed by atoms with Gasteiger partial charge in [-0.1, -0.05) is 60.5 Å².